The van der Waals surface area contributed by atoms with Crippen LogP contribution in [-0.4, -0.2) is 16.5 Å². The number of hydrogen-bond donors (Lipinski definition) is 0. The van der Waals surface area contributed by atoms with Crippen molar-refractivity contribution in [3.8, 4) is 0 Å². The van der Waals surface area contributed by atoms with Crippen LogP contribution in [0.2, 0.25) is 0 Å². The minimum atomic E-state index is -3.76. The third-order valence-electron chi connectivity index (χ3n) is 1.56. The summed E-state index contributed by atoms with van der Waals surface area (Å²) >= 11 is -2.67. The van der Waals surface area contributed by atoms with Gasteiger partial charge in [0.05, 0.1) is 6.61 Å². The van der Waals surface area contributed by atoms with Crippen molar-refractivity contribution in [3.05, 3.63) is 0 Å². The number of alkyl halides is 3. The van der Waals surface area contributed by atoms with Crippen LogP contribution in [0, 0.1) is 0 Å². The fraction of sp³-hybridized carbons (Fsp3) is 0.875. The summed E-state index contributed by atoms with van der Waals surface area (Å²) in [4.78, 5) is 10.6. The SMILES string of the molecule is CCCCCCOC(=O)C(F)(F)I=O. The maximum absolute atomic E-state index is 12.4. The third kappa shape index (κ3) is 5.56. The lowest BCUT2D eigenvalue weighted by Crippen LogP contribution is -2.24. The summed E-state index contributed by atoms with van der Waals surface area (Å²) in [6, 6.07) is 0. The Bertz CT molecular complexity index is 197. The summed E-state index contributed by atoms with van der Waals surface area (Å²) in [5, 5.41) is 0. The Balaban J connectivity index is 3.59. The van der Waals surface area contributed by atoms with Crippen LogP contribution in [0.1, 0.15) is 32.6 Å². The number of ether oxygens (including phenoxy) is 1. The van der Waals surface area contributed by atoms with E-state index in [1.807, 2.05) is 6.92 Å². The first-order valence-corrected chi connectivity index (χ1v) is 6.33. The topological polar surface area (TPSA) is 43.4 Å². The van der Waals surface area contributed by atoms with Crippen molar-refractivity contribution in [1.82, 2.24) is 0 Å². The van der Waals surface area contributed by atoms with Crippen LogP contribution in [0.3, 0.4) is 0 Å². The lowest BCUT2D eigenvalue weighted by molar-refractivity contribution is -0.158. The number of rotatable bonds is 7. The molecule has 0 aromatic carbocycles. The maximum Gasteiger partial charge on any atom is 0.421 e. The first kappa shape index (κ1) is 13.9. The molecule has 0 atom stereocenters. The first-order chi connectivity index (χ1) is 6.54. The predicted molar refractivity (Wildman–Crippen MR) is 54.8 cm³/mol. The smallest absolute Gasteiger partial charge is 0.421 e. The summed E-state index contributed by atoms with van der Waals surface area (Å²) in [7, 11) is 0. The first-order valence-electron chi connectivity index (χ1n) is 4.38. The molecule has 0 aromatic heterocycles. The molecule has 84 valence electrons. The lowest BCUT2D eigenvalue weighted by atomic mass is 10.2. The molecule has 0 aliphatic carbocycles. The van der Waals surface area contributed by atoms with Gasteiger partial charge < -0.3 is 4.74 Å². The second-order valence-electron chi connectivity index (χ2n) is 2.77. The molecule has 0 aromatic rings. The van der Waals surface area contributed by atoms with Gasteiger partial charge in [-0.15, -0.1) is 0 Å². The van der Waals surface area contributed by atoms with E-state index >= 15 is 0 Å². The normalized spacial score (nSPS) is 11.4. The Morgan fingerprint density at radius 3 is 2.50 bits per heavy atom. The van der Waals surface area contributed by atoms with E-state index in [0.717, 1.165) is 19.3 Å². The molecule has 0 amide bonds. The van der Waals surface area contributed by atoms with Gasteiger partial charge in [0.2, 0.25) is 21.2 Å². The van der Waals surface area contributed by atoms with Gasteiger partial charge in [0.15, 0.2) is 0 Å². The number of halogens is 3. The Hall–Kier alpha value is -0.140. The van der Waals surface area contributed by atoms with Crippen LogP contribution < -0.4 is 0 Å². The Morgan fingerprint density at radius 1 is 1.36 bits per heavy atom. The van der Waals surface area contributed by atoms with E-state index in [2.05, 4.69) is 4.74 Å². The molecule has 0 aliphatic heterocycles. The minimum absolute atomic E-state index is 0.0157. The van der Waals surface area contributed by atoms with Crippen LogP contribution >= 0.6 is 21.2 Å². The molecular formula is C8H13F2IO3. The van der Waals surface area contributed by atoms with Gasteiger partial charge in [-0.2, -0.15) is 8.78 Å². The van der Waals surface area contributed by atoms with E-state index in [4.69, 9.17) is 0 Å². The van der Waals surface area contributed by atoms with Gasteiger partial charge in [-0.05, 0) is 6.42 Å². The van der Waals surface area contributed by atoms with Crippen molar-refractivity contribution >= 4 is 27.2 Å². The highest BCUT2D eigenvalue weighted by molar-refractivity contribution is 14.1. The van der Waals surface area contributed by atoms with E-state index in [1.54, 1.807) is 0 Å². The van der Waals surface area contributed by atoms with Crippen molar-refractivity contribution in [2.24, 2.45) is 0 Å². The van der Waals surface area contributed by atoms with E-state index in [-0.39, 0.29) is 6.61 Å². The van der Waals surface area contributed by atoms with Crippen LogP contribution in [0.25, 0.3) is 0 Å². The van der Waals surface area contributed by atoms with E-state index in [0.29, 0.717) is 6.42 Å². The molecule has 14 heavy (non-hydrogen) atoms. The van der Waals surface area contributed by atoms with E-state index < -0.39 is 31.1 Å². The largest absolute Gasteiger partial charge is 0.461 e. The monoisotopic (exact) mass is 322 g/mol. The standard InChI is InChI=1S/C8H13F2IO3/c1-2-3-4-5-6-14-7(12)8(9,10)11-13/h2-6H2,1H3. The second kappa shape index (κ2) is 7.19. The average Bonchev–Trinajstić information content (AvgIpc) is 2.17. The fourth-order valence-electron chi connectivity index (χ4n) is 0.807. The van der Waals surface area contributed by atoms with Crippen LogP contribution in [-0.2, 0) is 12.6 Å². The van der Waals surface area contributed by atoms with Crippen molar-refractivity contribution in [2.75, 3.05) is 6.61 Å². The molecule has 0 saturated carbocycles. The number of esters is 1. The van der Waals surface area contributed by atoms with Gasteiger partial charge in [0.25, 0.3) is 0 Å². The molecular weight excluding hydrogens is 309 g/mol. The highest BCUT2D eigenvalue weighted by Crippen LogP contribution is 2.28. The van der Waals surface area contributed by atoms with Crippen molar-refractivity contribution in [1.29, 1.82) is 0 Å². The van der Waals surface area contributed by atoms with Crippen LogP contribution in [0.5, 0.6) is 0 Å². The molecule has 0 fully saturated rings. The fourth-order valence-corrected chi connectivity index (χ4v) is 1.14. The van der Waals surface area contributed by atoms with Gasteiger partial charge in [0.1, 0.15) is 0 Å². The summed E-state index contributed by atoms with van der Waals surface area (Å²) in [6.45, 7) is 2.00. The number of hydrogen-bond acceptors (Lipinski definition) is 3. The molecule has 0 spiro atoms. The number of carbonyl (C=O) groups excluding carboxylic acids is 1. The van der Waals surface area contributed by atoms with Gasteiger partial charge in [-0.3, -0.25) is 3.07 Å². The summed E-state index contributed by atoms with van der Waals surface area (Å²) < 4.78 is 35.3. The minimum Gasteiger partial charge on any atom is -0.461 e. The number of unbranched alkanes of at least 4 members (excludes halogenated alkanes) is 3. The van der Waals surface area contributed by atoms with E-state index in [9.17, 15) is 16.6 Å². The van der Waals surface area contributed by atoms with E-state index in [1.165, 1.54) is 0 Å². The molecule has 0 N–H and O–H groups in total. The predicted octanol–water partition coefficient (Wildman–Crippen LogP) is 3.02. The molecule has 3 nitrogen and oxygen atoms in total. The third-order valence-corrected chi connectivity index (χ3v) is 2.55. The maximum atomic E-state index is 12.4. The lowest BCUT2D eigenvalue weighted by Gasteiger charge is -2.07. The molecule has 0 saturated heterocycles. The molecule has 0 rings (SSSR count). The molecule has 6 heteroatoms. The second-order valence-corrected chi connectivity index (χ2v) is 4.57. The molecule has 0 bridgehead atoms. The molecule has 0 radical (unpaired) electrons. The van der Waals surface area contributed by atoms with Gasteiger partial charge >= 0.3 is 9.90 Å². The zero-order valence-electron chi connectivity index (χ0n) is 7.89. The quantitative estimate of drug-likeness (QED) is 0.313. The van der Waals surface area contributed by atoms with Crippen LogP contribution in [0.4, 0.5) is 8.78 Å². The highest BCUT2D eigenvalue weighted by Gasteiger charge is 2.41. The summed E-state index contributed by atoms with van der Waals surface area (Å²) in [5.74, 6) is -1.66. The summed E-state index contributed by atoms with van der Waals surface area (Å²) in [5.41, 5.74) is 0. The van der Waals surface area contributed by atoms with Crippen molar-refractivity contribution < 1.29 is 21.4 Å². The van der Waals surface area contributed by atoms with Crippen molar-refractivity contribution in [3.63, 3.8) is 0 Å². The molecule has 0 unspecified atom stereocenters. The average molecular weight is 322 g/mol. The molecule has 0 aliphatic rings. The molecule has 0 heterocycles. The van der Waals surface area contributed by atoms with Gasteiger partial charge in [-0.1, -0.05) is 26.2 Å². The highest BCUT2D eigenvalue weighted by atomic mass is 127. The number of carbonyl (C=O) groups is 1. The van der Waals surface area contributed by atoms with Gasteiger partial charge in [-0.25, -0.2) is 4.79 Å². The Labute approximate surface area is 91.8 Å². The summed E-state index contributed by atoms with van der Waals surface area (Å²) in [6.07, 6.45) is 3.44. The van der Waals surface area contributed by atoms with Crippen molar-refractivity contribution in [2.45, 2.75) is 36.5 Å². The Kier molecular flexibility index (Phi) is 7.12. The van der Waals surface area contributed by atoms with Crippen LogP contribution in [0.15, 0.2) is 0 Å². The zero-order chi connectivity index (χ0) is 11.0. The Morgan fingerprint density at radius 2 is 2.00 bits per heavy atom. The van der Waals surface area contributed by atoms with Gasteiger partial charge in [0, 0.05) is 0 Å². The zero-order valence-corrected chi connectivity index (χ0v) is 10.1.